The molecule has 0 radical (unpaired) electrons. The molecular formula is C16H13F3N4O2S. The summed E-state index contributed by atoms with van der Waals surface area (Å²) in [5.41, 5.74) is -0.0208. The number of rotatable bonds is 4. The monoisotopic (exact) mass is 382 g/mol. The lowest BCUT2D eigenvalue weighted by molar-refractivity contribution is -0.137. The van der Waals surface area contributed by atoms with E-state index in [1.54, 1.807) is 18.3 Å². The fourth-order valence-corrected chi connectivity index (χ4v) is 3.26. The van der Waals surface area contributed by atoms with Gasteiger partial charge >= 0.3 is 6.18 Å². The maximum Gasteiger partial charge on any atom is 0.416 e. The Morgan fingerprint density at radius 1 is 1.04 bits per heavy atom. The number of anilines is 1. The first-order valence-corrected chi connectivity index (χ1v) is 8.82. The van der Waals surface area contributed by atoms with Gasteiger partial charge in [0.1, 0.15) is 5.82 Å². The molecule has 0 spiro atoms. The zero-order chi connectivity index (χ0) is 18.9. The highest BCUT2D eigenvalue weighted by atomic mass is 32.2. The summed E-state index contributed by atoms with van der Waals surface area (Å²) < 4.78 is 66.3. The van der Waals surface area contributed by atoms with Gasteiger partial charge < -0.3 is 0 Å². The second-order valence-corrected chi connectivity index (χ2v) is 7.13. The Morgan fingerprint density at radius 3 is 2.35 bits per heavy atom. The molecule has 2 aromatic heterocycles. The molecule has 1 N–H and O–H groups in total. The van der Waals surface area contributed by atoms with Crippen LogP contribution >= 0.6 is 0 Å². The van der Waals surface area contributed by atoms with E-state index in [-0.39, 0.29) is 10.7 Å². The van der Waals surface area contributed by atoms with E-state index in [0.717, 1.165) is 17.7 Å². The first-order chi connectivity index (χ1) is 12.2. The Morgan fingerprint density at radius 2 is 1.73 bits per heavy atom. The van der Waals surface area contributed by atoms with E-state index in [1.165, 1.54) is 16.9 Å². The van der Waals surface area contributed by atoms with E-state index in [9.17, 15) is 21.6 Å². The number of halogens is 3. The fourth-order valence-electron chi connectivity index (χ4n) is 2.22. The lowest BCUT2D eigenvalue weighted by Crippen LogP contribution is -2.16. The molecule has 0 atom stereocenters. The van der Waals surface area contributed by atoms with Crippen LogP contribution < -0.4 is 4.72 Å². The molecule has 3 aromatic rings. The predicted molar refractivity (Wildman–Crippen MR) is 88.3 cm³/mol. The van der Waals surface area contributed by atoms with Crippen molar-refractivity contribution in [2.45, 2.75) is 18.0 Å². The summed E-state index contributed by atoms with van der Waals surface area (Å²) in [7, 11) is -4.09. The maximum atomic E-state index is 12.6. The van der Waals surface area contributed by atoms with Crippen LogP contribution in [0.4, 0.5) is 19.0 Å². The van der Waals surface area contributed by atoms with Crippen molar-refractivity contribution < 1.29 is 21.6 Å². The average Bonchev–Trinajstić information content (AvgIpc) is 3.01. The van der Waals surface area contributed by atoms with E-state index < -0.39 is 21.8 Å². The van der Waals surface area contributed by atoms with Crippen LogP contribution in [-0.4, -0.2) is 23.2 Å². The lowest BCUT2D eigenvalue weighted by Gasteiger charge is -2.11. The number of aryl methyl sites for hydroxylation is 1. The van der Waals surface area contributed by atoms with Gasteiger partial charge in [-0.05, 0) is 48.9 Å². The minimum absolute atomic E-state index is 0.114. The van der Waals surface area contributed by atoms with Crippen molar-refractivity contribution in [3.05, 3.63) is 66.0 Å². The highest BCUT2D eigenvalue weighted by Gasteiger charge is 2.30. The van der Waals surface area contributed by atoms with Crippen molar-refractivity contribution in [3.63, 3.8) is 0 Å². The minimum atomic E-state index is -4.54. The summed E-state index contributed by atoms with van der Waals surface area (Å²) in [4.78, 5) is 3.83. The smallest absolute Gasteiger partial charge is 0.263 e. The molecule has 0 fully saturated rings. The van der Waals surface area contributed by atoms with Crippen LogP contribution in [0.3, 0.4) is 0 Å². The molecule has 0 aliphatic heterocycles. The standard InChI is InChI=1S/C16H13F3N4O2S/c1-11-6-8-20-15(10-11)23-14(7-9-21-23)22-26(24,25)13-4-2-12(3-5-13)16(17,18)19/h2-10,22H,1H3. The van der Waals surface area contributed by atoms with Crippen LogP contribution in [0.25, 0.3) is 5.82 Å². The molecule has 26 heavy (non-hydrogen) atoms. The molecule has 0 aliphatic carbocycles. The number of pyridine rings is 1. The van der Waals surface area contributed by atoms with Crippen molar-refractivity contribution in [2.24, 2.45) is 0 Å². The van der Waals surface area contributed by atoms with Gasteiger partial charge in [0.2, 0.25) is 0 Å². The number of sulfonamides is 1. The molecule has 136 valence electrons. The number of hydrogen-bond donors (Lipinski definition) is 1. The van der Waals surface area contributed by atoms with Crippen LogP contribution in [0.1, 0.15) is 11.1 Å². The zero-order valence-corrected chi connectivity index (χ0v) is 14.2. The highest BCUT2D eigenvalue weighted by molar-refractivity contribution is 7.92. The molecule has 1 aromatic carbocycles. The lowest BCUT2D eigenvalue weighted by atomic mass is 10.2. The molecule has 0 unspecified atom stereocenters. The Labute approximate surface area is 147 Å². The summed E-state index contributed by atoms with van der Waals surface area (Å²) in [6.45, 7) is 1.85. The number of hydrogen-bond acceptors (Lipinski definition) is 4. The molecule has 10 heteroatoms. The fraction of sp³-hybridized carbons (Fsp3) is 0.125. The normalized spacial score (nSPS) is 12.2. The summed E-state index contributed by atoms with van der Waals surface area (Å²) >= 11 is 0. The average molecular weight is 382 g/mol. The summed E-state index contributed by atoms with van der Waals surface area (Å²) in [5, 5.41) is 4.03. The molecule has 0 amide bonds. The topological polar surface area (TPSA) is 76.9 Å². The predicted octanol–water partition coefficient (Wildman–Crippen LogP) is 3.40. The molecule has 0 bridgehead atoms. The first-order valence-electron chi connectivity index (χ1n) is 7.34. The van der Waals surface area contributed by atoms with Crippen LogP contribution in [0.2, 0.25) is 0 Å². The summed E-state index contributed by atoms with van der Waals surface area (Å²) in [6.07, 6.45) is -1.60. The van der Waals surface area contributed by atoms with Gasteiger partial charge in [-0.2, -0.15) is 23.0 Å². The highest BCUT2D eigenvalue weighted by Crippen LogP contribution is 2.30. The van der Waals surface area contributed by atoms with Crippen molar-refractivity contribution >= 4 is 15.8 Å². The van der Waals surface area contributed by atoms with E-state index in [2.05, 4.69) is 14.8 Å². The van der Waals surface area contributed by atoms with Gasteiger partial charge in [-0.1, -0.05) is 0 Å². The van der Waals surface area contributed by atoms with Gasteiger partial charge in [0, 0.05) is 12.3 Å². The van der Waals surface area contributed by atoms with Gasteiger partial charge in [-0.25, -0.2) is 13.4 Å². The molecule has 0 saturated heterocycles. The van der Waals surface area contributed by atoms with Crippen molar-refractivity contribution in [1.82, 2.24) is 14.8 Å². The van der Waals surface area contributed by atoms with Crippen LogP contribution in [0.5, 0.6) is 0 Å². The van der Waals surface area contributed by atoms with Gasteiger partial charge in [0.25, 0.3) is 10.0 Å². The summed E-state index contributed by atoms with van der Waals surface area (Å²) in [5.74, 6) is 0.517. The van der Waals surface area contributed by atoms with E-state index in [4.69, 9.17) is 0 Å². The number of nitrogens with one attached hydrogen (secondary N) is 1. The second-order valence-electron chi connectivity index (χ2n) is 5.45. The maximum absolute atomic E-state index is 12.6. The third-order valence-corrected chi connectivity index (χ3v) is 4.86. The number of nitrogens with zero attached hydrogens (tertiary/aromatic N) is 3. The second kappa shape index (κ2) is 6.45. The number of aromatic nitrogens is 3. The van der Waals surface area contributed by atoms with E-state index in [0.29, 0.717) is 18.0 Å². The third kappa shape index (κ3) is 3.69. The Bertz CT molecular complexity index is 1030. The van der Waals surface area contributed by atoms with Crippen molar-refractivity contribution in [1.29, 1.82) is 0 Å². The molecule has 6 nitrogen and oxygen atoms in total. The largest absolute Gasteiger partial charge is 0.416 e. The zero-order valence-electron chi connectivity index (χ0n) is 13.4. The van der Waals surface area contributed by atoms with Gasteiger partial charge in [-0.3, -0.25) is 4.72 Å². The minimum Gasteiger partial charge on any atom is -0.263 e. The first kappa shape index (κ1) is 17.9. The Hall–Kier alpha value is -2.88. The van der Waals surface area contributed by atoms with Crippen molar-refractivity contribution in [2.75, 3.05) is 4.72 Å². The number of benzene rings is 1. The molecular weight excluding hydrogens is 369 g/mol. The molecule has 2 heterocycles. The van der Waals surface area contributed by atoms with Gasteiger partial charge in [-0.15, -0.1) is 0 Å². The summed E-state index contributed by atoms with van der Waals surface area (Å²) in [6, 6.07) is 8.14. The molecule has 0 saturated carbocycles. The van der Waals surface area contributed by atoms with E-state index >= 15 is 0 Å². The van der Waals surface area contributed by atoms with Gasteiger partial charge in [0.05, 0.1) is 16.7 Å². The molecule has 0 aliphatic rings. The molecule has 3 rings (SSSR count). The quantitative estimate of drug-likeness (QED) is 0.750. The Balaban J connectivity index is 1.91. The Kier molecular flexibility index (Phi) is 4.45. The number of alkyl halides is 3. The van der Waals surface area contributed by atoms with E-state index in [1.807, 2.05) is 6.92 Å². The van der Waals surface area contributed by atoms with Crippen LogP contribution in [-0.2, 0) is 16.2 Å². The third-order valence-electron chi connectivity index (χ3n) is 3.49. The van der Waals surface area contributed by atoms with Crippen molar-refractivity contribution in [3.8, 4) is 5.82 Å². The van der Waals surface area contributed by atoms with Crippen LogP contribution in [0, 0.1) is 6.92 Å². The van der Waals surface area contributed by atoms with Gasteiger partial charge in [0.15, 0.2) is 5.82 Å². The van der Waals surface area contributed by atoms with Crippen LogP contribution in [0.15, 0.2) is 59.8 Å². The SMILES string of the molecule is Cc1ccnc(-n2nccc2NS(=O)(=O)c2ccc(C(F)(F)F)cc2)c1.